The topological polar surface area (TPSA) is 32.3 Å². The second kappa shape index (κ2) is 6.46. The SMILES string of the molecule is CCC(C)C1NC(CC)N(CC2(CC)CCCC2)C1=O. The molecule has 1 aliphatic heterocycles. The largest absolute Gasteiger partial charge is 0.325 e. The van der Waals surface area contributed by atoms with Crippen LogP contribution in [0.2, 0.25) is 0 Å². The van der Waals surface area contributed by atoms with E-state index in [4.69, 9.17) is 0 Å². The van der Waals surface area contributed by atoms with Gasteiger partial charge in [0, 0.05) is 6.54 Å². The maximum atomic E-state index is 12.8. The summed E-state index contributed by atoms with van der Waals surface area (Å²) in [5.41, 5.74) is 0.398. The summed E-state index contributed by atoms with van der Waals surface area (Å²) in [6.45, 7) is 9.82. The Morgan fingerprint density at radius 3 is 2.45 bits per heavy atom. The highest BCUT2D eigenvalue weighted by Gasteiger charge is 2.44. The molecule has 0 radical (unpaired) electrons. The van der Waals surface area contributed by atoms with Crippen molar-refractivity contribution in [2.75, 3.05) is 6.54 Å². The molecule has 0 bridgehead atoms. The molecule has 0 aromatic rings. The molecule has 1 saturated carbocycles. The molecule has 116 valence electrons. The monoisotopic (exact) mass is 280 g/mol. The minimum atomic E-state index is 0.0419. The fourth-order valence-corrected chi connectivity index (χ4v) is 3.98. The fraction of sp³-hybridized carbons (Fsp3) is 0.941. The Morgan fingerprint density at radius 2 is 1.95 bits per heavy atom. The summed E-state index contributed by atoms with van der Waals surface area (Å²) in [6, 6.07) is 0.0419. The number of carbonyl (C=O) groups is 1. The molecule has 20 heavy (non-hydrogen) atoms. The molecule has 3 unspecified atom stereocenters. The highest BCUT2D eigenvalue weighted by Crippen LogP contribution is 2.42. The number of nitrogens with one attached hydrogen (secondary N) is 1. The van der Waals surface area contributed by atoms with E-state index in [0.29, 0.717) is 17.2 Å². The summed E-state index contributed by atoms with van der Waals surface area (Å²) in [5.74, 6) is 0.786. The normalized spacial score (nSPS) is 31.0. The van der Waals surface area contributed by atoms with Crippen molar-refractivity contribution >= 4 is 5.91 Å². The van der Waals surface area contributed by atoms with Gasteiger partial charge in [0.15, 0.2) is 0 Å². The van der Waals surface area contributed by atoms with Crippen LogP contribution in [0.1, 0.15) is 72.6 Å². The molecule has 2 fully saturated rings. The van der Waals surface area contributed by atoms with Crippen LogP contribution in [0.5, 0.6) is 0 Å². The van der Waals surface area contributed by atoms with E-state index in [1.807, 2.05) is 0 Å². The van der Waals surface area contributed by atoms with Crippen molar-refractivity contribution in [3.8, 4) is 0 Å². The van der Waals surface area contributed by atoms with Gasteiger partial charge in [-0.25, -0.2) is 0 Å². The van der Waals surface area contributed by atoms with E-state index in [2.05, 4.69) is 37.9 Å². The van der Waals surface area contributed by atoms with Gasteiger partial charge in [-0.15, -0.1) is 0 Å². The molecule has 2 aliphatic rings. The number of amides is 1. The zero-order valence-electron chi connectivity index (χ0n) is 13.7. The first-order valence-electron chi connectivity index (χ1n) is 8.63. The molecule has 2 rings (SSSR count). The van der Waals surface area contributed by atoms with Crippen molar-refractivity contribution in [1.29, 1.82) is 0 Å². The van der Waals surface area contributed by atoms with Crippen LogP contribution in [0.25, 0.3) is 0 Å². The van der Waals surface area contributed by atoms with Gasteiger partial charge in [0.25, 0.3) is 0 Å². The Morgan fingerprint density at radius 1 is 1.30 bits per heavy atom. The Balaban J connectivity index is 2.10. The Labute approximate surface area is 124 Å². The predicted octanol–water partition coefficient (Wildman–Crippen LogP) is 3.54. The molecule has 0 spiro atoms. The lowest BCUT2D eigenvalue weighted by molar-refractivity contribution is -0.132. The van der Waals surface area contributed by atoms with Crippen LogP contribution in [0, 0.1) is 11.3 Å². The highest BCUT2D eigenvalue weighted by molar-refractivity contribution is 5.84. The second-order valence-electron chi connectivity index (χ2n) is 6.98. The number of hydrogen-bond donors (Lipinski definition) is 1. The summed E-state index contributed by atoms with van der Waals surface area (Å²) in [6.07, 6.45) is 8.83. The molecular formula is C17H32N2O. The minimum Gasteiger partial charge on any atom is -0.325 e. The quantitative estimate of drug-likeness (QED) is 0.807. The zero-order chi connectivity index (χ0) is 14.8. The van der Waals surface area contributed by atoms with Gasteiger partial charge in [0.2, 0.25) is 5.91 Å². The smallest absolute Gasteiger partial charge is 0.241 e. The molecule has 1 amide bonds. The van der Waals surface area contributed by atoms with Gasteiger partial charge in [-0.3, -0.25) is 10.1 Å². The Kier molecular flexibility index (Phi) is 5.11. The van der Waals surface area contributed by atoms with Crippen LogP contribution in [0.4, 0.5) is 0 Å². The van der Waals surface area contributed by atoms with Crippen LogP contribution >= 0.6 is 0 Å². The maximum Gasteiger partial charge on any atom is 0.241 e. The van der Waals surface area contributed by atoms with Gasteiger partial charge in [0.05, 0.1) is 12.2 Å². The minimum absolute atomic E-state index is 0.0419. The van der Waals surface area contributed by atoms with Gasteiger partial charge in [-0.1, -0.05) is 47.0 Å². The molecule has 3 atom stereocenters. The van der Waals surface area contributed by atoms with Crippen molar-refractivity contribution in [3.05, 3.63) is 0 Å². The standard InChI is InChI=1S/C17H32N2O/c1-5-13(4)15-16(20)19(14(6-2)18-15)12-17(7-3)10-8-9-11-17/h13-15,18H,5-12H2,1-4H3. The average Bonchev–Trinajstić information content (AvgIpc) is 3.05. The van der Waals surface area contributed by atoms with Crippen LogP contribution in [0.3, 0.4) is 0 Å². The molecule has 0 aromatic carbocycles. The van der Waals surface area contributed by atoms with Gasteiger partial charge in [-0.2, -0.15) is 0 Å². The first-order valence-corrected chi connectivity index (χ1v) is 8.63. The van der Waals surface area contributed by atoms with Crippen LogP contribution in [0.15, 0.2) is 0 Å². The van der Waals surface area contributed by atoms with E-state index in [1.54, 1.807) is 0 Å². The summed E-state index contributed by atoms with van der Waals surface area (Å²) < 4.78 is 0. The molecule has 1 aliphatic carbocycles. The van der Waals surface area contributed by atoms with Crippen molar-refractivity contribution in [3.63, 3.8) is 0 Å². The van der Waals surface area contributed by atoms with Gasteiger partial charge >= 0.3 is 0 Å². The predicted molar refractivity (Wildman–Crippen MR) is 83.4 cm³/mol. The third-order valence-corrected chi connectivity index (χ3v) is 5.82. The third-order valence-electron chi connectivity index (χ3n) is 5.82. The number of nitrogens with zero attached hydrogens (tertiary/aromatic N) is 1. The number of carbonyl (C=O) groups excluding carboxylic acids is 1. The zero-order valence-corrected chi connectivity index (χ0v) is 13.7. The molecule has 0 aromatic heterocycles. The molecule has 1 N–H and O–H groups in total. The van der Waals surface area contributed by atoms with E-state index < -0.39 is 0 Å². The van der Waals surface area contributed by atoms with Gasteiger partial charge < -0.3 is 4.90 Å². The van der Waals surface area contributed by atoms with Crippen molar-refractivity contribution in [2.45, 2.75) is 84.8 Å². The average molecular weight is 280 g/mol. The lowest BCUT2D eigenvalue weighted by atomic mass is 9.82. The van der Waals surface area contributed by atoms with Crippen molar-refractivity contribution in [1.82, 2.24) is 10.2 Å². The summed E-state index contributed by atoms with van der Waals surface area (Å²) in [4.78, 5) is 15.0. The molecule has 1 saturated heterocycles. The lowest BCUT2D eigenvalue weighted by Gasteiger charge is -2.35. The number of rotatable bonds is 6. The van der Waals surface area contributed by atoms with Gasteiger partial charge in [0.1, 0.15) is 0 Å². The van der Waals surface area contributed by atoms with Crippen LogP contribution in [-0.4, -0.2) is 29.6 Å². The Bertz CT molecular complexity index is 336. The number of hydrogen-bond acceptors (Lipinski definition) is 2. The van der Waals surface area contributed by atoms with Crippen molar-refractivity contribution < 1.29 is 4.79 Å². The van der Waals surface area contributed by atoms with Crippen LogP contribution < -0.4 is 5.32 Å². The van der Waals surface area contributed by atoms with Gasteiger partial charge in [-0.05, 0) is 37.0 Å². The van der Waals surface area contributed by atoms with E-state index in [-0.39, 0.29) is 12.2 Å². The van der Waals surface area contributed by atoms with E-state index in [0.717, 1.165) is 19.4 Å². The van der Waals surface area contributed by atoms with Crippen molar-refractivity contribution in [2.24, 2.45) is 11.3 Å². The Hall–Kier alpha value is -0.570. The first kappa shape index (κ1) is 15.8. The summed E-state index contributed by atoms with van der Waals surface area (Å²) in [7, 11) is 0. The molecule has 1 heterocycles. The van der Waals surface area contributed by atoms with E-state index in [1.165, 1.54) is 32.1 Å². The summed E-state index contributed by atoms with van der Waals surface area (Å²) in [5, 5.41) is 3.58. The molecular weight excluding hydrogens is 248 g/mol. The fourth-order valence-electron chi connectivity index (χ4n) is 3.98. The molecule has 3 nitrogen and oxygen atoms in total. The second-order valence-corrected chi connectivity index (χ2v) is 6.98. The third kappa shape index (κ3) is 2.88. The van der Waals surface area contributed by atoms with Crippen LogP contribution in [-0.2, 0) is 4.79 Å². The first-order chi connectivity index (χ1) is 9.56. The highest BCUT2D eigenvalue weighted by atomic mass is 16.2. The van der Waals surface area contributed by atoms with E-state index >= 15 is 0 Å². The maximum absolute atomic E-state index is 12.8. The van der Waals surface area contributed by atoms with E-state index in [9.17, 15) is 4.79 Å². The lowest BCUT2D eigenvalue weighted by Crippen LogP contribution is -2.43. The summed E-state index contributed by atoms with van der Waals surface area (Å²) >= 11 is 0. The molecule has 3 heteroatoms.